The smallest absolute Gasteiger partial charge is 0.261 e. The summed E-state index contributed by atoms with van der Waals surface area (Å²) < 4.78 is 12.0. The molecular weight excluding hydrogens is 438 g/mol. The second kappa shape index (κ2) is 11.3. The zero-order valence-electron chi connectivity index (χ0n) is 19.1. The van der Waals surface area contributed by atoms with Gasteiger partial charge in [-0.3, -0.25) is 9.78 Å². The average Bonchev–Trinajstić information content (AvgIpc) is 2.90. The molecule has 6 heteroatoms. The second-order valence-corrected chi connectivity index (χ2v) is 7.56. The van der Waals surface area contributed by atoms with Crippen LogP contribution in [-0.2, 0) is 11.3 Å². The van der Waals surface area contributed by atoms with Crippen LogP contribution in [0.2, 0.25) is 0 Å². The summed E-state index contributed by atoms with van der Waals surface area (Å²) in [5.41, 5.74) is 2.69. The minimum absolute atomic E-state index is 0.0873. The van der Waals surface area contributed by atoms with Gasteiger partial charge in [-0.1, -0.05) is 42.5 Å². The van der Waals surface area contributed by atoms with E-state index in [1.165, 1.54) is 6.08 Å². The van der Waals surface area contributed by atoms with E-state index >= 15 is 0 Å². The molecule has 1 aromatic heterocycles. The van der Waals surface area contributed by atoms with E-state index in [0.29, 0.717) is 23.8 Å². The lowest BCUT2D eigenvalue weighted by Gasteiger charge is -2.13. The fraction of sp³-hybridized carbons (Fsp3) is 0.0690. The first-order valence-electron chi connectivity index (χ1n) is 11.0. The maximum absolute atomic E-state index is 12.1. The van der Waals surface area contributed by atoms with Gasteiger partial charge in [-0.25, -0.2) is 0 Å². The molecule has 0 fully saturated rings. The molecule has 1 heterocycles. The second-order valence-electron chi connectivity index (χ2n) is 7.56. The molecule has 0 unspecified atom stereocenters. The van der Waals surface area contributed by atoms with E-state index in [1.807, 2.05) is 91.0 Å². The first-order chi connectivity index (χ1) is 17.2. The van der Waals surface area contributed by atoms with E-state index < -0.39 is 5.91 Å². The van der Waals surface area contributed by atoms with Crippen LogP contribution < -0.4 is 14.8 Å². The molecule has 0 spiro atoms. The molecule has 3 aromatic carbocycles. The Bertz CT molecular complexity index is 1370. The zero-order valence-corrected chi connectivity index (χ0v) is 19.1. The third kappa shape index (κ3) is 6.12. The average molecular weight is 462 g/mol. The highest BCUT2D eigenvalue weighted by Crippen LogP contribution is 2.34. The number of nitrogens with one attached hydrogen (secondary N) is 1. The number of carbonyl (C=O) groups is 1. The van der Waals surface area contributed by atoms with Crippen molar-refractivity contribution in [2.24, 2.45) is 0 Å². The Labute approximate surface area is 204 Å². The number of hydrogen-bond acceptors (Lipinski definition) is 5. The molecule has 1 N–H and O–H groups in total. The van der Waals surface area contributed by atoms with Crippen molar-refractivity contribution in [2.45, 2.75) is 13.5 Å². The molecule has 4 aromatic rings. The zero-order chi connectivity index (χ0) is 24.5. The Morgan fingerprint density at radius 2 is 1.66 bits per heavy atom. The number of benzene rings is 3. The number of pyridine rings is 1. The molecule has 0 aliphatic heterocycles. The van der Waals surface area contributed by atoms with Gasteiger partial charge in [-0.2, -0.15) is 5.26 Å². The van der Waals surface area contributed by atoms with Crippen molar-refractivity contribution >= 4 is 5.91 Å². The summed E-state index contributed by atoms with van der Waals surface area (Å²) in [6.45, 7) is 1.96. The maximum Gasteiger partial charge on any atom is 0.261 e. The number of nitriles is 1. The standard InChI is InChI=1S/C29H23N3O3/c1-2-22(18-30)29(33)32-19-21-7-6-8-23(17-21)27-20-31-16-15-28(27)35-26-13-11-25(12-14-26)34-24-9-4-3-5-10-24/h2-17,20H,19H2,1H3,(H,32,33). The van der Waals surface area contributed by atoms with E-state index in [4.69, 9.17) is 14.7 Å². The summed E-state index contributed by atoms with van der Waals surface area (Å²) in [5, 5.41) is 11.8. The highest BCUT2D eigenvalue weighted by Gasteiger charge is 2.11. The summed E-state index contributed by atoms with van der Waals surface area (Å²) in [6, 6.07) is 28.4. The third-order valence-corrected chi connectivity index (χ3v) is 5.16. The number of ether oxygens (including phenoxy) is 2. The number of amides is 1. The molecule has 35 heavy (non-hydrogen) atoms. The van der Waals surface area contributed by atoms with Crippen molar-refractivity contribution in [1.29, 1.82) is 5.26 Å². The van der Waals surface area contributed by atoms with Gasteiger partial charge in [0, 0.05) is 24.5 Å². The predicted molar refractivity (Wildman–Crippen MR) is 134 cm³/mol. The molecule has 0 radical (unpaired) electrons. The topological polar surface area (TPSA) is 84.2 Å². The van der Waals surface area contributed by atoms with Gasteiger partial charge in [0.1, 0.15) is 34.6 Å². The fourth-order valence-electron chi connectivity index (χ4n) is 3.39. The molecule has 0 saturated carbocycles. The van der Waals surface area contributed by atoms with E-state index in [1.54, 1.807) is 19.3 Å². The lowest BCUT2D eigenvalue weighted by molar-refractivity contribution is -0.117. The largest absolute Gasteiger partial charge is 0.457 e. The molecule has 4 rings (SSSR count). The lowest BCUT2D eigenvalue weighted by atomic mass is 10.0. The Kier molecular flexibility index (Phi) is 7.52. The van der Waals surface area contributed by atoms with E-state index in [9.17, 15) is 4.79 Å². The van der Waals surface area contributed by atoms with Gasteiger partial charge in [0.25, 0.3) is 5.91 Å². The van der Waals surface area contributed by atoms with Crippen molar-refractivity contribution in [3.63, 3.8) is 0 Å². The van der Waals surface area contributed by atoms with Gasteiger partial charge in [-0.05, 0) is 66.6 Å². The van der Waals surface area contributed by atoms with Crippen LogP contribution in [0.1, 0.15) is 12.5 Å². The number of carbonyl (C=O) groups excluding carboxylic acids is 1. The van der Waals surface area contributed by atoms with Crippen LogP contribution in [0.4, 0.5) is 0 Å². The number of nitrogens with zero attached hydrogens (tertiary/aromatic N) is 2. The Hall–Kier alpha value is -4.89. The number of rotatable bonds is 8. The quantitative estimate of drug-likeness (QED) is 0.242. The third-order valence-electron chi connectivity index (χ3n) is 5.16. The Balaban J connectivity index is 1.48. The van der Waals surface area contributed by atoms with Gasteiger partial charge in [-0.15, -0.1) is 0 Å². The van der Waals surface area contributed by atoms with E-state index in [0.717, 1.165) is 22.4 Å². The van der Waals surface area contributed by atoms with Crippen LogP contribution in [0.5, 0.6) is 23.0 Å². The van der Waals surface area contributed by atoms with Crippen molar-refractivity contribution in [2.75, 3.05) is 0 Å². The summed E-state index contributed by atoms with van der Waals surface area (Å²) in [4.78, 5) is 16.3. The highest BCUT2D eigenvalue weighted by atomic mass is 16.5. The van der Waals surface area contributed by atoms with Crippen LogP contribution in [0.25, 0.3) is 11.1 Å². The van der Waals surface area contributed by atoms with Crippen molar-refractivity contribution in [1.82, 2.24) is 10.3 Å². The Morgan fingerprint density at radius 1 is 0.943 bits per heavy atom. The van der Waals surface area contributed by atoms with Gasteiger partial charge in [0.05, 0.1) is 0 Å². The van der Waals surface area contributed by atoms with Gasteiger partial charge in [0.2, 0.25) is 0 Å². The van der Waals surface area contributed by atoms with Crippen LogP contribution >= 0.6 is 0 Å². The van der Waals surface area contributed by atoms with Crippen LogP contribution in [0.3, 0.4) is 0 Å². The van der Waals surface area contributed by atoms with Crippen molar-refractivity contribution in [3.8, 4) is 40.2 Å². The monoisotopic (exact) mass is 461 g/mol. The van der Waals surface area contributed by atoms with Gasteiger partial charge in [0.15, 0.2) is 0 Å². The molecular formula is C29H23N3O3. The minimum atomic E-state index is -0.398. The number of para-hydroxylation sites is 1. The molecule has 0 bridgehead atoms. The van der Waals surface area contributed by atoms with Crippen LogP contribution in [0, 0.1) is 11.3 Å². The maximum atomic E-state index is 12.1. The minimum Gasteiger partial charge on any atom is -0.457 e. The first-order valence-corrected chi connectivity index (χ1v) is 11.0. The first kappa shape index (κ1) is 23.3. The summed E-state index contributed by atoms with van der Waals surface area (Å²) in [6.07, 6.45) is 4.91. The van der Waals surface area contributed by atoms with Gasteiger partial charge < -0.3 is 14.8 Å². The fourth-order valence-corrected chi connectivity index (χ4v) is 3.39. The SMILES string of the molecule is CC=C(C#N)C(=O)NCc1cccc(-c2cnccc2Oc2ccc(Oc3ccccc3)cc2)c1. The molecule has 1 amide bonds. The number of allylic oxidation sites excluding steroid dienone is 1. The molecule has 0 atom stereocenters. The predicted octanol–water partition coefficient (Wildman–Crippen LogP) is 6.42. The van der Waals surface area contributed by atoms with Crippen LogP contribution in [0.15, 0.2) is 109 Å². The van der Waals surface area contributed by atoms with Crippen molar-refractivity contribution < 1.29 is 14.3 Å². The Morgan fingerprint density at radius 3 is 2.37 bits per heavy atom. The summed E-state index contributed by atoms with van der Waals surface area (Å²) in [7, 11) is 0. The summed E-state index contributed by atoms with van der Waals surface area (Å²) >= 11 is 0. The van der Waals surface area contributed by atoms with Crippen molar-refractivity contribution in [3.05, 3.63) is 115 Å². The molecule has 0 aliphatic carbocycles. The highest BCUT2D eigenvalue weighted by molar-refractivity contribution is 5.97. The normalized spacial score (nSPS) is 10.8. The summed E-state index contributed by atoms with van der Waals surface area (Å²) in [5.74, 6) is 2.40. The molecule has 0 saturated heterocycles. The number of aromatic nitrogens is 1. The lowest BCUT2D eigenvalue weighted by Crippen LogP contribution is -2.23. The number of hydrogen-bond donors (Lipinski definition) is 1. The molecule has 0 aliphatic rings. The van der Waals surface area contributed by atoms with E-state index in [2.05, 4.69) is 10.3 Å². The van der Waals surface area contributed by atoms with E-state index in [-0.39, 0.29) is 5.57 Å². The molecule has 172 valence electrons. The molecule has 6 nitrogen and oxygen atoms in total. The van der Waals surface area contributed by atoms with Gasteiger partial charge >= 0.3 is 0 Å². The van der Waals surface area contributed by atoms with Crippen LogP contribution in [-0.4, -0.2) is 10.9 Å².